The fourth-order valence-corrected chi connectivity index (χ4v) is 1.36. The molecule has 2 N–H and O–H groups in total. The Morgan fingerprint density at radius 2 is 1.89 bits per heavy atom. The first-order valence-corrected chi connectivity index (χ1v) is 5.54. The van der Waals surface area contributed by atoms with E-state index in [-0.39, 0.29) is 5.69 Å². The van der Waals surface area contributed by atoms with Crippen molar-refractivity contribution in [3.05, 3.63) is 23.8 Å². The molecule has 0 saturated heterocycles. The zero-order valence-corrected chi connectivity index (χ0v) is 10.9. The predicted molar refractivity (Wildman–Crippen MR) is 65.1 cm³/mol. The van der Waals surface area contributed by atoms with Crippen molar-refractivity contribution in [2.45, 2.75) is 33.7 Å². The normalized spacial score (nSPS) is 12.9. The third kappa shape index (κ3) is 3.51. The Labute approximate surface area is 105 Å². The summed E-state index contributed by atoms with van der Waals surface area (Å²) in [5.74, 6) is -1.61. The molecular weight excluding hydrogens is 234 g/mol. The SMILES string of the molecule is Cc1cnc(C(=O)N[C@H](C(=O)O)C(C)(C)C)cn1. The minimum Gasteiger partial charge on any atom is -0.480 e. The number of amides is 1. The van der Waals surface area contributed by atoms with Crippen LogP contribution < -0.4 is 5.32 Å². The van der Waals surface area contributed by atoms with Crippen LogP contribution >= 0.6 is 0 Å². The molecule has 98 valence electrons. The summed E-state index contributed by atoms with van der Waals surface area (Å²) in [6.07, 6.45) is 2.79. The highest BCUT2D eigenvalue weighted by atomic mass is 16.4. The molecule has 1 rings (SSSR count). The van der Waals surface area contributed by atoms with Gasteiger partial charge in [-0.2, -0.15) is 0 Å². The van der Waals surface area contributed by atoms with Crippen LogP contribution in [0.4, 0.5) is 0 Å². The van der Waals surface area contributed by atoms with E-state index in [4.69, 9.17) is 5.11 Å². The van der Waals surface area contributed by atoms with E-state index in [2.05, 4.69) is 15.3 Å². The summed E-state index contributed by atoms with van der Waals surface area (Å²) in [4.78, 5) is 30.8. The van der Waals surface area contributed by atoms with Gasteiger partial charge in [-0.3, -0.25) is 9.78 Å². The Bertz CT molecular complexity index is 449. The van der Waals surface area contributed by atoms with Gasteiger partial charge in [-0.25, -0.2) is 9.78 Å². The molecule has 0 spiro atoms. The lowest BCUT2D eigenvalue weighted by atomic mass is 9.86. The minimum absolute atomic E-state index is 0.107. The van der Waals surface area contributed by atoms with E-state index in [0.717, 1.165) is 0 Å². The van der Waals surface area contributed by atoms with Gasteiger partial charge in [-0.05, 0) is 12.3 Å². The molecule has 1 amide bonds. The molecule has 0 radical (unpaired) electrons. The van der Waals surface area contributed by atoms with Crippen molar-refractivity contribution in [1.82, 2.24) is 15.3 Å². The average molecular weight is 251 g/mol. The van der Waals surface area contributed by atoms with Crippen molar-refractivity contribution >= 4 is 11.9 Å². The summed E-state index contributed by atoms with van der Waals surface area (Å²) >= 11 is 0. The van der Waals surface area contributed by atoms with Gasteiger partial charge in [0.15, 0.2) is 0 Å². The van der Waals surface area contributed by atoms with Crippen molar-refractivity contribution in [1.29, 1.82) is 0 Å². The van der Waals surface area contributed by atoms with Crippen LogP contribution in [0.5, 0.6) is 0 Å². The van der Waals surface area contributed by atoms with Crippen molar-refractivity contribution in [2.75, 3.05) is 0 Å². The molecule has 18 heavy (non-hydrogen) atoms. The van der Waals surface area contributed by atoms with E-state index in [9.17, 15) is 9.59 Å². The second kappa shape index (κ2) is 5.12. The fraction of sp³-hybridized carbons (Fsp3) is 0.500. The number of aryl methyl sites for hydroxylation is 1. The van der Waals surface area contributed by atoms with Crippen LogP contribution in [0.25, 0.3) is 0 Å². The van der Waals surface area contributed by atoms with Crippen LogP contribution in [0.15, 0.2) is 12.4 Å². The van der Waals surface area contributed by atoms with Crippen molar-refractivity contribution in [3.63, 3.8) is 0 Å². The lowest BCUT2D eigenvalue weighted by Gasteiger charge is -2.27. The number of hydrogen-bond donors (Lipinski definition) is 2. The van der Waals surface area contributed by atoms with E-state index in [1.165, 1.54) is 12.4 Å². The highest BCUT2D eigenvalue weighted by molar-refractivity contribution is 5.94. The highest BCUT2D eigenvalue weighted by Crippen LogP contribution is 2.19. The number of aromatic nitrogens is 2. The maximum atomic E-state index is 11.8. The van der Waals surface area contributed by atoms with E-state index < -0.39 is 23.3 Å². The number of carbonyl (C=O) groups is 2. The van der Waals surface area contributed by atoms with Crippen LogP contribution in [-0.2, 0) is 4.79 Å². The maximum absolute atomic E-state index is 11.8. The third-order valence-corrected chi connectivity index (χ3v) is 2.40. The Kier molecular flexibility index (Phi) is 4.00. The maximum Gasteiger partial charge on any atom is 0.326 e. The number of nitrogens with one attached hydrogen (secondary N) is 1. The lowest BCUT2D eigenvalue weighted by Crippen LogP contribution is -2.49. The monoisotopic (exact) mass is 251 g/mol. The summed E-state index contributed by atoms with van der Waals surface area (Å²) in [6, 6.07) is -0.979. The molecule has 6 heteroatoms. The smallest absolute Gasteiger partial charge is 0.326 e. The predicted octanol–water partition coefficient (Wildman–Crippen LogP) is 1.01. The summed E-state index contributed by atoms with van der Waals surface area (Å²) < 4.78 is 0. The van der Waals surface area contributed by atoms with Gasteiger partial charge in [0, 0.05) is 6.20 Å². The lowest BCUT2D eigenvalue weighted by molar-refractivity contribution is -0.142. The standard InChI is InChI=1S/C12H17N3O3/c1-7-5-14-8(6-13-7)10(16)15-9(11(17)18)12(2,3)4/h5-6,9H,1-4H3,(H,15,16)(H,17,18)/t9-/m1/s1. The molecule has 1 atom stereocenters. The van der Waals surface area contributed by atoms with E-state index in [1.54, 1.807) is 27.7 Å². The molecule has 1 heterocycles. The first-order valence-electron chi connectivity index (χ1n) is 5.54. The number of carboxylic acids is 1. The van der Waals surface area contributed by atoms with Gasteiger partial charge in [-0.15, -0.1) is 0 Å². The molecule has 0 bridgehead atoms. The first kappa shape index (κ1) is 14.1. The van der Waals surface area contributed by atoms with Crippen molar-refractivity contribution in [2.24, 2.45) is 5.41 Å². The van der Waals surface area contributed by atoms with Crippen LogP contribution in [0, 0.1) is 12.3 Å². The first-order chi connectivity index (χ1) is 8.21. The van der Waals surface area contributed by atoms with Gasteiger partial charge in [0.25, 0.3) is 5.91 Å². The summed E-state index contributed by atoms with van der Waals surface area (Å²) in [5, 5.41) is 11.5. The van der Waals surface area contributed by atoms with Gasteiger partial charge in [0.05, 0.1) is 11.9 Å². The minimum atomic E-state index is -1.07. The zero-order chi connectivity index (χ0) is 13.9. The van der Waals surface area contributed by atoms with Crippen LogP contribution in [0.2, 0.25) is 0 Å². The molecular formula is C12H17N3O3. The number of carbonyl (C=O) groups excluding carboxylic acids is 1. The Balaban J connectivity index is 2.86. The largest absolute Gasteiger partial charge is 0.480 e. The molecule has 0 aliphatic carbocycles. The van der Waals surface area contributed by atoms with Gasteiger partial charge in [0.2, 0.25) is 0 Å². The molecule has 0 aromatic carbocycles. The second-order valence-corrected chi connectivity index (χ2v) is 5.15. The number of hydrogen-bond acceptors (Lipinski definition) is 4. The molecule has 6 nitrogen and oxygen atoms in total. The van der Waals surface area contributed by atoms with Crippen LogP contribution in [-0.4, -0.2) is 33.0 Å². The zero-order valence-electron chi connectivity index (χ0n) is 10.9. The number of nitrogens with zero attached hydrogens (tertiary/aromatic N) is 2. The van der Waals surface area contributed by atoms with Gasteiger partial charge in [-0.1, -0.05) is 20.8 Å². The second-order valence-electron chi connectivity index (χ2n) is 5.15. The summed E-state index contributed by atoms with van der Waals surface area (Å²) in [7, 11) is 0. The molecule has 0 aliphatic heterocycles. The van der Waals surface area contributed by atoms with Gasteiger partial charge in [0.1, 0.15) is 11.7 Å². The van der Waals surface area contributed by atoms with Crippen molar-refractivity contribution < 1.29 is 14.7 Å². The Morgan fingerprint density at radius 1 is 1.28 bits per heavy atom. The molecule has 0 unspecified atom stereocenters. The number of rotatable bonds is 3. The quantitative estimate of drug-likeness (QED) is 0.836. The van der Waals surface area contributed by atoms with Crippen LogP contribution in [0.1, 0.15) is 37.0 Å². The summed E-state index contributed by atoms with van der Waals surface area (Å²) in [5.41, 5.74) is 0.216. The van der Waals surface area contributed by atoms with E-state index in [0.29, 0.717) is 5.69 Å². The van der Waals surface area contributed by atoms with Crippen LogP contribution in [0.3, 0.4) is 0 Å². The number of aliphatic carboxylic acids is 1. The molecule has 0 saturated carbocycles. The molecule has 0 fully saturated rings. The Morgan fingerprint density at radius 3 is 2.28 bits per heavy atom. The fourth-order valence-electron chi connectivity index (χ4n) is 1.36. The Hall–Kier alpha value is -1.98. The van der Waals surface area contributed by atoms with Gasteiger partial charge < -0.3 is 10.4 Å². The highest BCUT2D eigenvalue weighted by Gasteiger charge is 2.33. The van der Waals surface area contributed by atoms with E-state index >= 15 is 0 Å². The van der Waals surface area contributed by atoms with E-state index in [1.807, 2.05) is 0 Å². The molecule has 1 aromatic heterocycles. The topological polar surface area (TPSA) is 92.2 Å². The molecule has 1 aromatic rings. The third-order valence-electron chi connectivity index (χ3n) is 2.40. The van der Waals surface area contributed by atoms with Gasteiger partial charge >= 0.3 is 5.97 Å². The van der Waals surface area contributed by atoms with Crippen molar-refractivity contribution in [3.8, 4) is 0 Å². The average Bonchev–Trinajstić information content (AvgIpc) is 2.24. The number of carboxylic acid groups (broad SMARTS) is 1. The summed E-state index contributed by atoms with van der Waals surface area (Å²) in [6.45, 7) is 6.98. The molecule has 0 aliphatic rings.